The molecule has 0 aliphatic carbocycles. The summed E-state index contributed by atoms with van der Waals surface area (Å²) in [7, 11) is 0. The number of halogens is 3. The van der Waals surface area contributed by atoms with Gasteiger partial charge in [-0.15, -0.1) is 11.3 Å². The maximum Gasteiger partial charge on any atom is 0.416 e. The number of carbonyl (C=O) groups is 1. The number of nitrogens with zero attached hydrogens (tertiary/aromatic N) is 3. The van der Waals surface area contributed by atoms with E-state index >= 15 is 0 Å². The molecule has 1 N–H and O–H groups in total. The average Bonchev–Trinajstić information content (AvgIpc) is 3.47. The van der Waals surface area contributed by atoms with E-state index in [-0.39, 0.29) is 16.5 Å². The van der Waals surface area contributed by atoms with Gasteiger partial charge in [0.2, 0.25) is 5.43 Å². The number of alkyl halides is 3. The summed E-state index contributed by atoms with van der Waals surface area (Å²) in [5.41, 5.74) is 0.976. The Morgan fingerprint density at radius 3 is 2.80 bits per heavy atom. The van der Waals surface area contributed by atoms with Crippen LogP contribution in [0, 0.1) is 6.92 Å². The van der Waals surface area contributed by atoms with Crippen LogP contribution in [0.3, 0.4) is 0 Å². The zero-order valence-electron chi connectivity index (χ0n) is 18.2. The Morgan fingerprint density at radius 2 is 2.00 bits per heavy atom. The highest BCUT2D eigenvalue weighted by Crippen LogP contribution is 2.32. The van der Waals surface area contributed by atoms with Gasteiger partial charge in [0.25, 0.3) is 5.91 Å². The minimum absolute atomic E-state index is 0.0727. The number of benzene rings is 2. The maximum atomic E-state index is 13.1. The molecule has 1 aliphatic heterocycles. The number of aromatic nitrogens is 3. The smallest absolute Gasteiger partial charge is 0.416 e. The van der Waals surface area contributed by atoms with Crippen LogP contribution >= 0.6 is 11.3 Å². The van der Waals surface area contributed by atoms with Crippen LogP contribution in [-0.2, 0) is 12.6 Å². The third-order valence-corrected chi connectivity index (χ3v) is 6.21. The Balaban J connectivity index is 1.41. The fraction of sp³-hybridized carbons (Fsp3) is 0.167. The maximum absolute atomic E-state index is 13.1. The van der Waals surface area contributed by atoms with E-state index < -0.39 is 28.8 Å². The van der Waals surface area contributed by atoms with Gasteiger partial charge in [0.15, 0.2) is 10.8 Å². The molecule has 11 heteroatoms. The number of anilines is 1. The van der Waals surface area contributed by atoms with Crippen LogP contribution in [0.25, 0.3) is 16.9 Å². The van der Waals surface area contributed by atoms with Crippen LogP contribution in [0.15, 0.2) is 58.7 Å². The number of fused-ring (bicyclic) bond motifs is 1. The van der Waals surface area contributed by atoms with Crippen LogP contribution in [0.4, 0.5) is 18.3 Å². The van der Waals surface area contributed by atoms with Gasteiger partial charge in [0.05, 0.1) is 23.6 Å². The van der Waals surface area contributed by atoms with Crippen LogP contribution in [-0.4, -0.2) is 27.3 Å². The van der Waals surface area contributed by atoms with Crippen molar-refractivity contribution in [2.45, 2.75) is 19.5 Å². The fourth-order valence-corrected chi connectivity index (χ4v) is 4.46. The minimum Gasteiger partial charge on any atom is -0.493 e. The molecule has 0 atom stereocenters. The number of ether oxygens (including phenoxy) is 1. The van der Waals surface area contributed by atoms with E-state index in [1.54, 1.807) is 5.38 Å². The summed E-state index contributed by atoms with van der Waals surface area (Å²) in [5.74, 6) is 0.0407. The first-order valence-corrected chi connectivity index (χ1v) is 11.4. The lowest BCUT2D eigenvalue weighted by molar-refractivity contribution is -0.137. The zero-order chi connectivity index (χ0) is 24.7. The van der Waals surface area contributed by atoms with Gasteiger partial charge in [0, 0.05) is 29.1 Å². The summed E-state index contributed by atoms with van der Waals surface area (Å²) in [5, 5.41) is 8.65. The molecule has 0 unspecified atom stereocenters. The van der Waals surface area contributed by atoms with Crippen LogP contribution in [0.2, 0.25) is 0 Å². The molecule has 1 amide bonds. The van der Waals surface area contributed by atoms with Gasteiger partial charge in [-0.05, 0) is 48.9 Å². The number of hydrogen-bond acceptors (Lipinski definition) is 6. The average molecular weight is 498 g/mol. The van der Waals surface area contributed by atoms with Gasteiger partial charge >= 0.3 is 6.18 Å². The lowest BCUT2D eigenvalue weighted by atomic mass is 10.1. The third-order valence-electron chi connectivity index (χ3n) is 5.45. The van der Waals surface area contributed by atoms with E-state index in [4.69, 9.17) is 4.74 Å². The topological polar surface area (TPSA) is 86.1 Å². The molecular weight excluding hydrogens is 481 g/mol. The molecule has 0 saturated carbocycles. The second-order valence-corrected chi connectivity index (χ2v) is 8.73. The summed E-state index contributed by atoms with van der Waals surface area (Å²) < 4.78 is 46.0. The van der Waals surface area contributed by atoms with Crippen LogP contribution in [0.5, 0.6) is 5.75 Å². The van der Waals surface area contributed by atoms with Crippen molar-refractivity contribution < 1.29 is 22.7 Å². The van der Waals surface area contributed by atoms with Crippen molar-refractivity contribution in [3.8, 4) is 22.7 Å². The molecule has 178 valence electrons. The highest BCUT2D eigenvalue weighted by atomic mass is 32.1. The Hall–Kier alpha value is -3.99. The lowest BCUT2D eigenvalue weighted by Crippen LogP contribution is -2.27. The number of thiazole rings is 1. The normalized spacial score (nSPS) is 12.8. The zero-order valence-corrected chi connectivity index (χ0v) is 19.0. The summed E-state index contributed by atoms with van der Waals surface area (Å²) >= 11 is 1.18. The van der Waals surface area contributed by atoms with E-state index in [1.807, 2.05) is 18.2 Å². The van der Waals surface area contributed by atoms with E-state index in [0.29, 0.717) is 12.3 Å². The van der Waals surface area contributed by atoms with Crippen molar-refractivity contribution >= 4 is 22.4 Å². The van der Waals surface area contributed by atoms with Crippen molar-refractivity contribution in [2.75, 3.05) is 11.9 Å². The number of hydrogen-bond donors (Lipinski definition) is 1. The minimum atomic E-state index is -4.54. The molecule has 0 fully saturated rings. The van der Waals surface area contributed by atoms with Gasteiger partial charge in [0.1, 0.15) is 5.75 Å². The highest BCUT2D eigenvalue weighted by Gasteiger charge is 2.30. The Morgan fingerprint density at radius 1 is 1.17 bits per heavy atom. The molecule has 0 spiro atoms. The number of carbonyl (C=O) groups excluding carboxylic acids is 1. The molecule has 2 aromatic heterocycles. The van der Waals surface area contributed by atoms with E-state index in [0.717, 1.165) is 46.2 Å². The van der Waals surface area contributed by atoms with Gasteiger partial charge < -0.3 is 4.74 Å². The molecule has 3 heterocycles. The first kappa shape index (κ1) is 22.8. The fourth-order valence-electron chi connectivity index (χ4n) is 3.75. The second kappa shape index (κ2) is 8.66. The molecule has 5 rings (SSSR count). The quantitative estimate of drug-likeness (QED) is 0.434. The Kier molecular flexibility index (Phi) is 5.64. The molecular formula is C24H17F3N4O3S. The molecule has 2 aromatic carbocycles. The van der Waals surface area contributed by atoms with Crippen LogP contribution < -0.4 is 15.5 Å². The van der Waals surface area contributed by atoms with E-state index in [2.05, 4.69) is 15.4 Å². The monoisotopic (exact) mass is 498 g/mol. The van der Waals surface area contributed by atoms with Gasteiger partial charge in [-0.2, -0.15) is 18.3 Å². The van der Waals surface area contributed by atoms with Gasteiger partial charge in [-0.25, -0.2) is 9.67 Å². The molecule has 4 aromatic rings. The second-order valence-electron chi connectivity index (χ2n) is 7.87. The predicted molar refractivity (Wildman–Crippen MR) is 124 cm³/mol. The Bertz CT molecular complexity index is 1510. The van der Waals surface area contributed by atoms with Gasteiger partial charge in [-0.1, -0.05) is 6.07 Å². The summed E-state index contributed by atoms with van der Waals surface area (Å²) in [4.78, 5) is 29.7. The van der Waals surface area contributed by atoms with Crippen molar-refractivity contribution in [3.05, 3.63) is 86.6 Å². The number of nitrogens with one attached hydrogen (secondary N) is 1. The predicted octanol–water partition coefficient (Wildman–Crippen LogP) is 4.87. The van der Waals surface area contributed by atoms with Crippen molar-refractivity contribution in [1.82, 2.24) is 14.8 Å². The first-order chi connectivity index (χ1) is 16.7. The van der Waals surface area contributed by atoms with E-state index in [9.17, 15) is 22.8 Å². The highest BCUT2D eigenvalue weighted by molar-refractivity contribution is 7.14. The van der Waals surface area contributed by atoms with Crippen molar-refractivity contribution in [2.24, 2.45) is 0 Å². The van der Waals surface area contributed by atoms with Crippen LogP contribution in [0.1, 0.15) is 27.3 Å². The first-order valence-electron chi connectivity index (χ1n) is 10.5. The molecule has 0 radical (unpaired) electrons. The van der Waals surface area contributed by atoms with E-state index in [1.165, 1.54) is 30.4 Å². The number of rotatable bonds is 4. The molecule has 1 aliphatic rings. The summed E-state index contributed by atoms with van der Waals surface area (Å²) in [6.45, 7) is 2.16. The molecule has 7 nitrogen and oxygen atoms in total. The summed E-state index contributed by atoms with van der Waals surface area (Å²) in [6.07, 6.45) is -3.73. The third kappa shape index (κ3) is 4.54. The van der Waals surface area contributed by atoms with Crippen molar-refractivity contribution in [1.29, 1.82) is 0 Å². The van der Waals surface area contributed by atoms with Gasteiger partial charge in [-0.3, -0.25) is 14.9 Å². The summed E-state index contributed by atoms with van der Waals surface area (Å²) in [6, 6.07) is 11.4. The largest absolute Gasteiger partial charge is 0.493 e. The lowest BCUT2D eigenvalue weighted by Gasteiger charge is -2.13. The number of amides is 1. The Labute approximate surface area is 200 Å². The molecule has 0 bridgehead atoms. The molecule has 0 saturated heterocycles. The standard InChI is InChI=1S/C24H17F3N4O3S/c1-13-9-19(32)21(30-31(13)17-4-2-3-16(11-17)24(25,26)27)22(33)29-23-28-18(12-35-23)14-5-6-20-15(10-14)7-8-34-20/h2-6,9-12H,7-8H2,1H3,(H,28,29,33). The number of aryl methyl sites for hydroxylation is 1. The SMILES string of the molecule is Cc1cc(=O)c(C(=O)Nc2nc(-c3ccc4c(c3)CCO4)cs2)nn1-c1cccc(C(F)(F)F)c1. The molecule has 35 heavy (non-hydrogen) atoms. The van der Waals surface area contributed by atoms with Crippen molar-refractivity contribution in [3.63, 3.8) is 0 Å².